The molecule has 1 aliphatic rings. The van der Waals surface area contributed by atoms with E-state index in [-0.39, 0.29) is 5.54 Å². The highest BCUT2D eigenvalue weighted by atomic mass is 15.2. The summed E-state index contributed by atoms with van der Waals surface area (Å²) >= 11 is 0. The van der Waals surface area contributed by atoms with Crippen LogP contribution in [-0.2, 0) is 0 Å². The Hall–Kier alpha value is -2.09. The van der Waals surface area contributed by atoms with Crippen LogP contribution in [0.4, 0.5) is 11.4 Å². The van der Waals surface area contributed by atoms with Gasteiger partial charge in [-0.15, -0.1) is 0 Å². The van der Waals surface area contributed by atoms with Crippen molar-refractivity contribution >= 4 is 17.6 Å². The molecule has 24 heavy (non-hydrogen) atoms. The molecule has 0 saturated heterocycles. The summed E-state index contributed by atoms with van der Waals surface area (Å²) in [5, 5.41) is 0. The molecular weight excluding hydrogens is 292 g/mol. The summed E-state index contributed by atoms with van der Waals surface area (Å²) in [7, 11) is 0. The van der Waals surface area contributed by atoms with Gasteiger partial charge in [-0.25, -0.2) is 0 Å². The summed E-state index contributed by atoms with van der Waals surface area (Å²) in [6.45, 7) is 12.4. The quantitative estimate of drug-likeness (QED) is 0.647. The Kier molecular flexibility index (Phi) is 4.49. The van der Waals surface area contributed by atoms with Crippen LogP contribution in [-0.4, -0.2) is 18.3 Å². The average molecular weight is 320 g/mol. The van der Waals surface area contributed by atoms with Crippen LogP contribution in [0.15, 0.2) is 47.5 Å². The van der Waals surface area contributed by atoms with Crippen molar-refractivity contribution in [1.82, 2.24) is 0 Å². The largest absolute Gasteiger partial charge is 0.366 e. The number of rotatable bonds is 3. The molecule has 126 valence electrons. The maximum atomic E-state index is 4.62. The van der Waals surface area contributed by atoms with E-state index in [0.717, 1.165) is 12.2 Å². The Morgan fingerprint density at radius 1 is 1.17 bits per heavy atom. The molecule has 2 heteroatoms. The van der Waals surface area contributed by atoms with Gasteiger partial charge in [-0.1, -0.05) is 30.7 Å². The first-order chi connectivity index (χ1) is 11.4. The lowest BCUT2D eigenvalue weighted by Gasteiger charge is -2.47. The minimum atomic E-state index is 0.221. The van der Waals surface area contributed by atoms with Crippen molar-refractivity contribution in [2.45, 2.75) is 52.5 Å². The minimum absolute atomic E-state index is 0.221. The second-order valence-corrected chi connectivity index (χ2v) is 7.57. The monoisotopic (exact) mass is 320 g/mol. The van der Waals surface area contributed by atoms with Gasteiger partial charge in [0.15, 0.2) is 0 Å². The van der Waals surface area contributed by atoms with Gasteiger partial charge in [0.25, 0.3) is 0 Å². The summed E-state index contributed by atoms with van der Waals surface area (Å²) in [5.41, 5.74) is 6.50. The van der Waals surface area contributed by atoms with Crippen molar-refractivity contribution in [2.75, 3.05) is 11.4 Å². The van der Waals surface area contributed by atoms with Crippen LogP contribution < -0.4 is 4.90 Å². The average Bonchev–Trinajstić information content (AvgIpc) is 2.54. The zero-order valence-electron chi connectivity index (χ0n) is 15.5. The molecule has 0 aliphatic carbocycles. The second kappa shape index (κ2) is 6.43. The number of hydrogen-bond donors (Lipinski definition) is 0. The number of hydrogen-bond acceptors (Lipinski definition) is 2. The normalized spacial score (nSPS) is 19.5. The van der Waals surface area contributed by atoms with Crippen molar-refractivity contribution in [3.8, 4) is 0 Å². The van der Waals surface area contributed by atoms with E-state index in [1.807, 2.05) is 6.21 Å². The highest BCUT2D eigenvalue weighted by molar-refractivity contribution is 5.83. The van der Waals surface area contributed by atoms with Crippen LogP contribution in [0.3, 0.4) is 0 Å². The summed E-state index contributed by atoms with van der Waals surface area (Å²) in [6, 6.07) is 15.1. The molecule has 1 atom stereocenters. The predicted octanol–water partition coefficient (Wildman–Crippen LogP) is 5.86. The zero-order chi connectivity index (χ0) is 17.3. The molecule has 0 unspecified atom stereocenters. The number of anilines is 1. The predicted molar refractivity (Wildman–Crippen MR) is 105 cm³/mol. The second-order valence-electron chi connectivity index (χ2n) is 7.57. The molecule has 0 fully saturated rings. The highest BCUT2D eigenvalue weighted by Crippen LogP contribution is 2.43. The number of fused-ring (bicyclic) bond motifs is 1. The summed E-state index contributed by atoms with van der Waals surface area (Å²) in [4.78, 5) is 7.15. The van der Waals surface area contributed by atoms with Crippen molar-refractivity contribution in [2.24, 2.45) is 4.99 Å². The number of benzene rings is 2. The maximum Gasteiger partial charge on any atom is 0.0630 e. The molecule has 2 aromatic rings. The molecule has 3 rings (SSSR count). The number of nitrogens with zero attached hydrogens (tertiary/aromatic N) is 2. The lowest BCUT2D eigenvalue weighted by atomic mass is 9.79. The third-order valence-electron chi connectivity index (χ3n) is 5.12. The lowest BCUT2D eigenvalue weighted by Crippen LogP contribution is -2.48. The molecule has 0 N–H and O–H groups in total. The molecule has 0 amide bonds. The lowest BCUT2D eigenvalue weighted by molar-refractivity contribution is 0.381. The van der Waals surface area contributed by atoms with Gasteiger partial charge < -0.3 is 4.90 Å². The molecule has 1 heterocycles. The van der Waals surface area contributed by atoms with E-state index in [4.69, 9.17) is 0 Å². The zero-order valence-corrected chi connectivity index (χ0v) is 15.5. The van der Waals surface area contributed by atoms with Crippen LogP contribution in [0, 0.1) is 6.92 Å². The van der Waals surface area contributed by atoms with Crippen molar-refractivity contribution in [1.29, 1.82) is 0 Å². The van der Waals surface area contributed by atoms with Gasteiger partial charge in [-0.3, -0.25) is 4.99 Å². The fourth-order valence-corrected chi connectivity index (χ4v) is 3.97. The van der Waals surface area contributed by atoms with E-state index >= 15 is 0 Å². The summed E-state index contributed by atoms with van der Waals surface area (Å²) < 4.78 is 0. The van der Waals surface area contributed by atoms with E-state index in [2.05, 4.69) is 87.0 Å². The Labute approximate surface area is 146 Å². The standard InChI is InChI=1S/C22H28N2/c1-6-24-21-12-9-18(13-20(21)17(3)14-22(24,4)5)15-23-19-10-7-16(2)8-11-19/h7-13,15,17H,6,14H2,1-5H3/t17-/m0/s1. The first kappa shape index (κ1) is 16.8. The van der Waals surface area contributed by atoms with Gasteiger partial charge in [0.2, 0.25) is 0 Å². The molecule has 0 bridgehead atoms. The van der Waals surface area contributed by atoms with Gasteiger partial charge in [0.1, 0.15) is 0 Å². The third kappa shape index (κ3) is 3.24. The van der Waals surface area contributed by atoms with Gasteiger partial charge in [-0.2, -0.15) is 0 Å². The van der Waals surface area contributed by atoms with E-state index in [1.54, 1.807) is 0 Å². The molecule has 1 aliphatic heterocycles. The van der Waals surface area contributed by atoms with Crippen LogP contribution in [0.1, 0.15) is 56.7 Å². The van der Waals surface area contributed by atoms with E-state index in [0.29, 0.717) is 5.92 Å². The topological polar surface area (TPSA) is 15.6 Å². The molecule has 0 spiro atoms. The summed E-state index contributed by atoms with van der Waals surface area (Å²) in [6.07, 6.45) is 3.17. The fraction of sp³-hybridized carbons (Fsp3) is 0.409. The third-order valence-corrected chi connectivity index (χ3v) is 5.12. The maximum absolute atomic E-state index is 4.62. The molecular formula is C22H28N2. The molecule has 0 saturated carbocycles. The van der Waals surface area contributed by atoms with Gasteiger partial charge >= 0.3 is 0 Å². The van der Waals surface area contributed by atoms with Gasteiger partial charge in [-0.05, 0) is 75.4 Å². The Bertz CT molecular complexity index is 741. The van der Waals surface area contributed by atoms with Crippen LogP contribution in [0.25, 0.3) is 0 Å². The first-order valence-corrected chi connectivity index (χ1v) is 8.93. The van der Waals surface area contributed by atoms with E-state index < -0.39 is 0 Å². The molecule has 2 nitrogen and oxygen atoms in total. The van der Waals surface area contributed by atoms with Crippen LogP contribution in [0.2, 0.25) is 0 Å². The van der Waals surface area contributed by atoms with Crippen molar-refractivity contribution < 1.29 is 0 Å². The Balaban J connectivity index is 1.91. The highest BCUT2D eigenvalue weighted by Gasteiger charge is 2.35. The minimum Gasteiger partial charge on any atom is -0.366 e. The van der Waals surface area contributed by atoms with Gasteiger partial charge in [0, 0.05) is 24.0 Å². The molecule has 0 radical (unpaired) electrons. The number of aliphatic imine (C=N–C) groups is 1. The number of aryl methyl sites for hydroxylation is 1. The SMILES string of the molecule is CCN1c2ccc(C=Nc3ccc(C)cc3)cc2[C@@H](C)CC1(C)C. The molecule has 2 aromatic carbocycles. The van der Waals surface area contributed by atoms with Crippen LogP contribution in [0.5, 0.6) is 0 Å². The Morgan fingerprint density at radius 2 is 1.88 bits per heavy atom. The van der Waals surface area contributed by atoms with E-state index in [1.165, 1.54) is 28.8 Å². The summed E-state index contributed by atoms with van der Waals surface area (Å²) in [5.74, 6) is 0.575. The van der Waals surface area contributed by atoms with E-state index in [9.17, 15) is 0 Å². The first-order valence-electron chi connectivity index (χ1n) is 8.93. The van der Waals surface area contributed by atoms with Crippen LogP contribution >= 0.6 is 0 Å². The smallest absolute Gasteiger partial charge is 0.0630 e. The van der Waals surface area contributed by atoms with Crippen molar-refractivity contribution in [3.05, 3.63) is 59.2 Å². The molecule has 0 aromatic heterocycles. The fourth-order valence-electron chi connectivity index (χ4n) is 3.97. The van der Waals surface area contributed by atoms with Gasteiger partial charge in [0.05, 0.1) is 5.69 Å². The Morgan fingerprint density at radius 3 is 2.54 bits per heavy atom. The van der Waals surface area contributed by atoms with Crippen molar-refractivity contribution in [3.63, 3.8) is 0 Å².